The predicted molar refractivity (Wildman–Crippen MR) is 83.0 cm³/mol. The third-order valence-electron chi connectivity index (χ3n) is 4.74. The third kappa shape index (κ3) is 1.83. The summed E-state index contributed by atoms with van der Waals surface area (Å²) in [6.07, 6.45) is 3.19. The van der Waals surface area contributed by atoms with Crippen molar-refractivity contribution in [2.24, 2.45) is 5.73 Å². The van der Waals surface area contributed by atoms with E-state index in [0.29, 0.717) is 12.1 Å². The van der Waals surface area contributed by atoms with E-state index in [1.54, 1.807) is 0 Å². The Morgan fingerprint density at radius 2 is 1.70 bits per heavy atom. The lowest BCUT2D eigenvalue weighted by atomic mass is 9.90. The maximum Gasteiger partial charge on any atom is 0.0560 e. The Kier molecular flexibility index (Phi) is 2.78. The van der Waals surface area contributed by atoms with Crippen LogP contribution in [0.5, 0.6) is 0 Å². The fourth-order valence-corrected chi connectivity index (χ4v) is 3.74. The average Bonchev–Trinajstić information content (AvgIpc) is 2.61. The van der Waals surface area contributed by atoms with Crippen LogP contribution in [0, 0.1) is 0 Å². The van der Waals surface area contributed by atoms with Gasteiger partial charge in [-0.25, -0.2) is 0 Å². The Morgan fingerprint density at radius 3 is 2.60 bits per heavy atom. The number of hydrogen-bond donors (Lipinski definition) is 1. The number of nitrogens with two attached hydrogens (primary N) is 1. The molecule has 2 nitrogen and oxygen atoms in total. The number of para-hydroxylation sites is 1. The number of piperidine rings is 1. The molecular formula is C18H20N2. The molecule has 0 aromatic heterocycles. The summed E-state index contributed by atoms with van der Waals surface area (Å²) in [6.45, 7) is 1.07. The van der Waals surface area contributed by atoms with Crippen LogP contribution in [0.25, 0.3) is 0 Å². The highest BCUT2D eigenvalue weighted by Crippen LogP contribution is 2.41. The first-order valence-corrected chi connectivity index (χ1v) is 7.51. The van der Waals surface area contributed by atoms with Gasteiger partial charge in [-0.1, -0.05) is 42.5 Å². The predicted octanol–water partition coefficient (Wildman–Crippen LogP) is 3.26. The molecule has 2 aromatic carbocycles. The molecule has 0 saturated carbocycles. The molecule has 2 heterocycles. The molecule has 2 aliphatic rings. The van der Waals surface area contributed by atoms with Crippen LogP contribution in [0.2, 0.25) is 0 Å². The number of benzene rings is 2. The Balaban J connectivity index is 1.90. The number of hydrogen-bond acceptors (Lipinski definition) is 2. The van der Waals surface area contributed by atoms with Crippen molar-refractivity contribution in [3.63, 3.8) is 0 Å². The Bertz CT molecular complexity index is 635. The molecule has 0 radical (unpaired) electrons. The van der Waals surface area contributed by atoms with Gasteiger partial charge in [0.15, 0.2) is 0 Å². The monoisotopic (exact) mass is 264 g/mol. The van der Waals surface area contributed by atoms with Gasteiger partial charge in [0.1, 0.15) is 0 Å². The van der Waals surface area contributed by atoms with E-state index in [1.165, 1.54) is 22.4 Å². The number of nitrogens with zero attached hydrogens (tertiary/aromatic N) is 1. The molecule has 0 aliphatic carbocycles. The number of rotatable bonds is 0. The van der Waals surface area contributed by atoms with Gasteiger partial charge < -0.3 is 10.6 Å². The van der Waals surface area contributed by atoms with Gasteiger partial charge in [0.25, 0.3) is 0 Å². The highest BCUT2D eigenvalue weighted by Gasteiger charge is 2.32. The fourth-order valence-electron chi connectivity index (χ4n) is 3.74. The van der Waals surface area contributed by atoms with Gasteiger partial charge in [-0.05, 0) is 42.0 Å². The van der Waals surface area contributed by atoms with Crippen LogP contribution in [-0.2, 0) is 6.42 Å². The van der Waals surface area contributed by atoms with Gasteiger partial charge in [-0.2, -0.15) is 0 Å². The molecule has 2 unspecified atom stereocenters. The molecule has 0 amide bonds. The van der Waals surface area contributed by atoms with Crippen molar-refractivity contribution in [1.29, 1.82) is 0 Å². The van der Waals surface area contributed by atoms with Crippen LogP contribution in [0.1, 0.15) is 35.6 Å². The SMILES string of the molecule is NC1CCN2c3ccccc3Cc3ccccc3C2C1. The second-order valence-corrected chi connectivity index (χ2v) is 6.00. The first-order chi connectivity index (χ1) is 9.83. The minimum atomic E-state index is 0.328. The zero-order valence-corrected chi connectivity index (χ0v) is 11.6. The van der Waals surface area contributed by atoms with Gasteiger partial charge in [0.2, 0.25) is 0 Å². The summed E-state index contributed by atoms with van der Waals surface area (Å²) in [5.41, 5.74) is 12.0. The van der Waals surface area contributed by atoms with Crippen molar-refractivity contribution in [1.82, 2.24) is 0 Å². The van der Waals surface area contributed by atoms with Crippen LogP contribution in [0.15, 0.2) is 48.5 Å². The van der Waals surface area contributed by atoms with E-state index in [0.717, 1.165) is 25.8 Å². The summed E-state index contributed by atoms with van der Waals surface area (Å²) in [6, 6.07) is 18.5. The molecule has 102 valence electrons. The minimum absolute atomic E-state index is 0.328. The third-order valence-corrected chi connectivity index (χ3v) is 4.74. The molecule has 1 fully saturated rings. The van der Waals surface area contributed by atoms with Crippen molar-refractivity contribution in [2.75, 3.05) is 11.4 Å². The molecule has 0 spiro atoms. The van der Waals surface area contributed by atoms with Crippen LogP contribution < -0.4 is 10.6 Å². The van der Waals surface area contributed by atoms with Gasteiger partial charge in [0, 0.05) is 18.3 Å². The normalized spacial score (nSPS) is 24.4. The lowest BCUT2D eigenvalue weighted by molar-refractivity contribution is 0.420. The zero-order valence-electron chi connectivity index (χ0n) is 11.6. The molecule has 4 rings (SSSR count). The summed E-state index contributed by atoms with van der Waals surface area (Å²) in [5, 5.41) is 0. The first kappa shape index (κ1) is 12.0. The van der Waals surface area contributed by atoms with Crippen LogP contribution in [0.3, 0.4) is 0 Å². The number of anilines is 1. The second-order valence-electron chi connectivity index (χ2n) is 6.00. The summed E-state index contributed by atoms with van der Waals surface area (Å²) in [4.78, 5) is 2.57. The van der Waals surface area contributed by atoms with Crippen molar-refractivity contribution in [3.05, 3.63) is 65.2 Å². The molecule has 2 aliphatic heterocycles. The molecule has 20 heavy (non-hydrogen) atoms. The van der Waals surface area contributed by atoms with E-state index in [-0.39, 0.29) is 0 Å². The van der Waals surface area contributed by atoms with E-state index in [2.05, 4.69) is 53.4 Å². The second kappa shape index (κ2) is 4.64. The molecule has 2 N–H and O–H groups in total. The van der Waals surface area contributed by atoms with Crippen molar-refractivity contribution in [3.8, 4) is 0 Å². The molecule has 2 heteroatoms. The van der Waals surface area contributed by atoms with Crippen LogP contribution in [-0.4, -0.2) is 12.6 Å². The molecular weight excluding hydrogens is 244 g/mol. The Labute approximate surface area is 120 Å². The highest BCUT2D eigenvalue weighted by atomic mass is 15.2. The van der Waals surface area contributed by atoms with Crippen molar-refractivity contribution < 1.29 is 0 Å². The van der Waals surface area contributed by atoms with Crippen LogP contribution in [0.4, 0.5) is 5.69 Å². The van der Waals surface area contributed by atoms with Crippen molar-refractivity contribution >= 4 is 5.69 Å². The Hall–Kier alpha value is -1.80. The van der Waals surface area contributed by atoms with E-state index in [9.17, 15) is 0 Å². The minimum Gasteiger partial charge on any atom is -0.364 e. The number of fused-ring (bicyclic) bond motifs is 5. The lowest BCUT2D eigenvalue weighted by Gasteiger charge is -2.40. The molecule has 2 aromatic rings. The molecule has 0 bridgehead atoms. The average molecular weight is 264 g/mol. The molecule has 1 saturated heterocycles. The maximum absolute atomic E-state index is 6.24. The van der Waals surface area contributed by atoms with E-state index >= 15 is 0 Å². The summed E-state index contributed by atoms with van der Waals surface area (Å²) < 4.78 is 0. The van der Waals surface area contributed by atoms with Gasteiger partial charge in [-0.3, -0.25) is 0 Å². The van der Waals surface area contributed by atoms with Crippen molar-refractivity contribution in [2.45, 2.75) is 31.3 Å². The van der Waals surface area contributed by atoms with Gasteiger partial charge in [-0.15, -0.1) is 0 Å². The smallest absolute Gasteiger partial charge is 0.0560 e. The summed E-state index contributed by atoms with van der Waals surface area (Å²) in [7, 11) is 0. The lowest BCUT2D eigenvalue weighted by Crippen LogP contribution is -2.42. The Morgan fingerprint density at radius 1 is 0.950 bits per heavy atom. The summed E-state index contributed by atoms with van der Waals surface area (Å²) in [5.74, 6) is 0. The zero-order chi connectivity index (χ0) is 13.5. The van der Waals surface area contributed by atoms with E-state index in [4.69, 9.17) is 5.73 Å². The first-order valence-electron chi connectivity index (χ1n) is 7.51. The highest BCUT2D eigenvalue weighted by molar-refractivity contribution is 5.60. The van der Waals surface area contributed by atoms with E-state index in [1.807, 2.05) is 0 Å². The fraction of sp³-hybridized carbons (Fsp3) is 0.333. The largest absolute Gasteiger partial charge is 0.364 e. The van der Waals surface area contributed by atoms with Gasteiger partial charge >= 0.3 is 0 Å². The molecule has 2 atom stereocenters. The maximum atomic E-state index is 6.24. The standard InChI is InChI=1S/C18H20N2/c19-15-9-10-20-17-8-4-2-6-14(17)11-13-5-1-3-7-16(13)18(20)12-15/h1-8,15,18H,9-12,19H2. The van der Waals surface area contributed by atoms with E-state index < -0.39 is 0 Å². The van der Waals surface area contributed by atoms with Crippen LogP contribution >= 0.6 is 0 Å². The quantitative estimate of drug-likeness (QED) is 0.791. The summed E-state index contributed by atoms with van der Waals surface area (Å²) >= 11 is 0. The topological polar surface area (TPSA) is 29.3 Å². The van der Waals surface area contributed by atoms with Gasteiger partial charge in [0.05, 0.1) is 6.04 Å².